The third kappa shape index (κ3) is 2.59. The maximum atomic E-state index is 11.9. The molecule has 2 N–H and O–H groups in total. The van der Waals surface area contributed by atoms with Crippen molar-refractivity contribution in [2.75, 3.05) is 18.1 Å². The summed E-state index contributed by atoms with van der Waals surface area (Å²) in [4.78, 5) is 24.3. The normalized spacial score (nSPS) is 13.5. The van der Waals surface area contributed by atoms with Crippen molar-refractivity contribution < 1.29 is 24.5 Å². The highest BCUT2D eigenvalue weighted by atomic mass is 16.6. The van der Waals surface area contributed by atoms with E-state index in [9.17, 15) is 14.7 Å². The minimum Gasteiger partial charge on any atom is -0.508 e. The van der Waals surface area contributed by atoms with Gasteiger partial charge < -0.3 is 14.9 Å². The Morgan fingerprint density at radius 3 is 2.85 bits per heavy atom. The summed E-state index contributed by atoms with van der Waals surface area (Å²) in [5, 5.41) is 18.9. The zero-order chi connectivity index (χ0) is 14.7. The Labute approximate surface area is 115 Å². The number of ether oxygens (including phenoxy) is 1. The van der Waals surface area contributed by atoms with E-state index in [0.29, 0.717) is 30.6 Å². The zero-order valence-electron chi connectivity index (χ0n) is 10.8. The van der Waals surface area contributed by atoms with Crippen LogP contribution >= 0.6 is 0 Å². The second kappa shape index (κ2) is 5.64. The number of phenols is 1. The van der Waals surface area contributed by atoms with E-state index in [-0.39, 0.29) is 17.9 Å². The Hall–Kier alpha value is -2.50. The first-order valence-corrected chi connectivity index (χ1v) is 6.19. The minimum atomic E-state index is -1.16. The van der Waals surface area contributed by atoms with Crippen LogP contribution in [0, 0.1) is 0 Å². The van der Waals surface area contributed by atoms with Crippen molar-refractivity contribution in [2.45, 2.75) is 12.8 Å². The van der Waals surface area contributed by atoms with Crippen LogP contribution in [-0.2, 0) is 11.2 Å². The zero-order valence-corrected chi connectivity index (χ0v) is 10.8. The Bertz CT molecular complexity index is 567. The second-order valence-electron chi connectivity index (χ2n) is 4.42. The highest BCUT2D eigenvalue weighted by Crippen LogP contribution is 2.35. The number of carboxylic acid groups (broad SMARTS) is 1. The molecule has 2 rings (SSSR count). The Balaban J connectivity index is 2.40. The lowest BCUT2D eigenvalue weighted by Gasteiger charge is -2.29. The molecule has 0 unspecified atom stereocenters. The summed E-state index contributed by atoms with van der Waals surface area (Å²) in [6.45, 7) is 3.96. The number of phenolic OH excluding ortho intramolecular Hbond substituents is 1. The number of benzene rings is 1. The van der Waals surface area contributed by atoms with Crippen molar-refractivity contribution in [3.05, 3.63) is 35.9 Å². The molecule has 1 aliphatic heterocycles. The summed E-state index contributed by atoms with van der Waals surface area (Å²) in [6, 6.07) is 2.57. The van der Waals surface area contributed by atoms with Gasteiger partial charge >= 0.3 is 12.1 Å². The smallest absolute Gasteiger partial charge is 0.414 e. The molecule has 0 aromatic heterocycles. The number of aromatic hydroxyl groups is 1. The fraction of sp³-hybridized carbons (Fsp3) is 0.286. The van der Waals surface area contributed by atoms with Crippen LogP contribution in [0.2, 0.25) is 0 Å². The summed E-state index contributed by atoms with van der Waals surface area (Å²) in [5.74, 6) is -1.27. The van der Waals surface area contributed by atoms with E-state index in [2.05, 4.69) is 6.58 Å². The highest BCUT2D eigenvalue weighted by molar-refractivity contribution is 5.95. The number of anilines is 1. The predicted octanol–water partition coefficient (Wildman–Crippen LogP) is 2.17. The standard InChI is InChI=1S/C14H15NO5/c1-2-6-20-14(19)15-5-3-4-10-11(15)7-9(13(17)18)8-12(10)16/h2,7-8,16H,1,3-6H2,(H,17,18). The van der Waals surface area contributed by atoms with Gasteiger partial charge in [-0.25, -0.2) is 9.59 Å². The van der Waals surface area contributed by atoms with Gasteiger partial charge in [-0.15, -0.1) is 0 Å². The van der Waals surface area contributed by atoms with Crippen molar-refractivity contribution in [3.63, 3.8) is 0 Å². The number of rotatable bonds is 3. The van der Waals surface area contributed by atoms with Gasteiger partial charge in [0, 0.05) is 12.1 Å². The third-order valence-corrected chi connectivity index (χ3v) is 3.09. The predicted molar refractivity (Wildman–Crippen MR) is 72.3 cm³/mol. The minimum absolute atomic E-state index is 0.0651. The lowest BCUT2D eigenvalue weighted by Crippen LogP contribution is -2.36. The molecule has 1 amide bonds. The first-order valence-electron chi connectivity index (χ1n) is 6.19. The number of hydrogen-bond acceptors (Lipinski definition) is 4. The molecule has 1 aromatic rings. The number of carbonyl (C=O) groups is 2. The molecule has 1 aliphatic rings. The number of amides is 1. The van der Waals surface area contributed by atoms with Crippen molar-refractivity contribution in [2.24, 2.45) is 0 Å². The van der Waals surface area contributed by atoms with Gasteiger partial charge in [0.25, 0.3) is 0 Å². The molecule has 1 heterocycles. The van der Waals surface area contributed by atoms with E-state index in [1.807, 2.05) is 0 Å². The highest BCUT2D eigenvalue weighted by Gasteiger charge is 2.27. The molecule has 1 aromatic carbocycles. The largest absolute Gasteiger partial charge is 0.508 e. The average Bonchev–Trinajstić information content (AvgIpc) is 2.44. The van der Waals surface area contributed by atoms with Gasteiger partial charge in [0.15, 0.2) is 0 Å². The number of aromatic carboxylic acids is 1. The van der Waals surface area contributed by atoms with Gasteiger partial charge in [-0.1, -0.05) is 12.7 Å². The van der Waals surface area contributed by atoms with Crippen molar-refractivity contribution in [1.29, 1.82) is 0 Å². The molecule has 0 saturated heterocycles. The summed E-state index contributed by atoms with van der Waals surface area (Å²) in [6.07, 6.45) is 2.14. The Morgan fingerprint density at radius 2 is 2.20 bits per heavy atom. The maximum absolute atomic E-state index is 11.9. The maximum Gasteiger partial charge on any atom is 0.414 e. The van der Waals surface area contributed by atoms with E-state index in [0.717, 1.165) is 0 Å². The number of carbonyl (C=O) groups excluding carboxylic acids is 1. The molecule has 20 heavy (non-hydrogen) atoms. The number of fused-ring (bicyclic) bond motifs is 1. The molecule has 0 atom stereocenters. The fourth-order valence-electron chi connectivity index (χ4n) is 2.19. The molecule has 106 valence electrons. The molecule has 6 nitrogen and oxygen atoms in total. The summed E-state index contributed by atoms with van der Waals surface area (Å²) in [5.41, 5.74) is 0.893. The van der Waals surface area contributed by atoms with E-state index in [4.69, 9.17) is 9.84 Å². The van der Waals surface area contributed by atoms with Gasteiger partial charge in [0.1, 0.15) is 12.4 Å². The molecular formula is C14H15NO5. The summed E-state index contributed by atoms with van der Waals surface area (Å²) in [7, 11) is 0. The van der Waals surface area contributed by atoms with Crippen LogP contribution in [0.5, 0.6) is 5.75 Å². The first kappa shape index (κ1) is 13.9. The van der Waals surface area contributed by atoms with Crippen LogP contribution in [0.25, 0.3) is 0 Å². The topological polar surface area (TPSA) is 87.1 Å². The van der Waals surface area contributed by atoms with Crippen molar-refractivity contribution >= 4 is 17.7 Å². The monoisotopic (exact) mass is 277 g/mol. The first-order chi connectivity index (χ1) is 9.54. The molecule has 0 spiro atoms. The van der Waals surface area contributed by atoms with E-state index in [1.165, 1.54) is 23.1 Å². The van der Waals surface area contributed by atoms with Crippen LogP contribution in [0.1, 0.15) is 22.3 Å². The van der Waals surface area contributed by atoms with Crippen LogP contribution in [0.3, 0.4) is 0 Å². The number of hydrogen-bond donors (Lipinski definition) is 2. The lowest BCUT2D eigenvalue weighted by atomic mass is 9.98. The molecule has 0 bridgehead atoms. The van der Waals surface area contributed by atoms with Crippen molar-refractivity contribution in [3.8, 4) is 5.75 Å². The molecular weight excluding hydrogens is 262 g/mol. The summed E-state index contributed by atoms with van der Waals surface area (Å²) < 4.78 is 4.97. The fourth-order valence-corrected chi connectivity index (χ4v) is 2.19. The van der Waals surface area contributed by atoms with Gasteiger partial charge in [0.2, 0.25) is 0 Å². The van der Waals surface area contributed by atoms with Gasteiger partial charge in [-0.05, 0) is 25.0 Å². The van der Waals surface area contributed by atoms with E-state index >= 15 is 0 Å². The number of nitrogens with zero attached hydrogens (tertiary/aromatic N) is 1. The van der Waals surface area contributed by atoms with Crippen LogP contribution in [-0.4, -0.2) is 35.4 Å². The van der Waals surface area contributed by atoms with Crippen molar-refractivity contribution in [1.82, 2.24) is 0 Å². The van der Waals surface area contributed by atoms with E-state index < -0.39 is 12.1 Å². The molecule has 0 saturated carbocycles. The summed E-state index contributed by atoms with van der Waals surface area (Å²) >= 11 is 0. The Morgan fingerprint density at radius 1 is 1.45 bits per heavy atom. The average molecular weight is 277 g/mol. The van der Waals surface area contributed by atoms with Gasteiger partial charge in [0.05, 0.1) is 11.3 Å². The molecule has 0 radical (unpaired) electrons. The van der Waals surface area contributed by atoms with Crippen LogP contribution in [0.4, 0.5) is 10.5 Å². The molecule has 0 fully saturated rings. The van der Waals surface area contributed by atoms with Gasteiger partial charge in [-0.2, -0.15) is 0 Å². The van der Waals surface area contributed by atoms with E-state index in [1.54, 1.807) is 0 Å². The van der Waals surface area contributed by atoms with Gasteiger partial charge in [-0.3, -0.25) is 4.90 Å². The second-order valence-corrected chi connectivity index (χ2v) is 4.42. The quantitative estimate of drug-likeness (QED) is 0.827. The third-order valence-electron chi connectivity index (χ3n) is 3.09. The lowest BCUT2D eigenvalue weighted by molar-refractivity contribution is 0.0696. The Kier molecular flexibility index (Phi) is 3.93. The number of carboxylic acids is 1. The molecule has 6 heteroatoms. The SMILES string of the molecule is C=CCOC(=O)N1CCCc2c(O)cc(C(=O)O)cc21. The molecule has 0 aliphatic carbocycles. The van der Waals surface area contributed by atoms with Crippen LogP contribution in [0.15, 0.2) is 24.8 Å². The van der Waals surface area contributed by atoms with Crippen LogP contribution < -0.4 is 4.90 Å².